The second kappa shape index (κ2) is 6.34. The molecule has 1 amide bonds. The highest BCUT2D eigenvalue weighted by Gasteiger charge is 2.40. The van der Waals surface area contributed by atoms with Gasteiger partial charge in [-0.05, 0) is 18.2 Å². The van der Waals surface area contributed by atoms with E-state index in [-0.39, 0.29) is 12.5 Å². The molecular weight excluding hydrogens is 282 g/mol. The number of carbonyl (C=O) groups is 1. The van der Waals surface area contributed by atoms with Crippen LogP contribution in [0.15, 0.2) is 24.3 Å². The molecule has 0 saturated carbocycles. The highest BCUT2D eigenvalue weighted by atomic mass is 16.7. The van der Waals surface area contributed by atoms with E-state index in [9.17, 15) is 4.79 Å². The largest absolute Gasteiger partial charge is 0.376 e. The van der Waals surface area contributed by atoms with Crippen molar-refractivity contribution in [3.05, 3.63) is 29.8 Å². The van der Waals surface area contributed by atoms with Gasteiger partial charge >= 0.3 is 0 Å². The number of nitriles is 1. The van der Waals surface area contributed by atoms with Gasteiger partial charge in [-0.3, -0.25) is 4.79 Å². The number of nitrogens with zero attached hydrogens (tertiary/aromatic N) is 2. The number of amides is 1. The Bertz CT molecular complexity index is 581. The maximum atomic E-state index is 12.2. The van der Waals surface area contributed by atoms with Gasteiger partial charge in [0.15, 0.2) is 5.79 Å². The second-order valence-electron chi connectivity index (χ2n) is 5.53. The molecule has 0 atom stereocenters. The summed E-state index contributed by atoms with van der Waals surface area (Å²) in [6.45, 7) is 2.82. The van der Waals surface area contributed by atoms with E-state index < -0.39 is 5.79 Å². The molecule has 2 aliphatic rings. The lowest BCUT2D eigenvalue weighted by Gasteiger charge is -2.37. The number of benzene rings is 1. The van der Waals surface area contributed by atoms with Crippen molar-refractivity contribution in [2.45, 2.75) is 18.6 Å². The van der Waals surface area contributed by atoms with Crippen LogP contribution in [0.25, 0.3) is 0 Å². The van der Waals surface area contributed by atoms with E-state index >= 15 is 0 Å². The second-order valence-corrected chi connectivity index (χ2v) is 5.53. The van der Waals surface area contributed by atoms with Crippen molar-refractivity contribution in [2.75, 3.05) is 38.2 Å². The summed E-state index contributed by atoms with van der Waals surface area (Å²) in [5.41, 5.74) is 1.36. The van der Waals surface area contributed by atoms with Crippen molar-refractivity contribution in [3.8, 4) is 6.07 Å². The standard InChI is InChI=1S/C16H19N3O3/c17-11-13-2-1-3-14(10-13)18-12-15(20)19-6-4-16(5-7-19)21-8-9-22-16/h1-3,10,18H,4-9,12H2. The Morgan fingerprint density at radius 3 is 2.73 bits per heavy atom. The first kappa shape index (κ1) is 14.8. The van der Waals surface area contributed by atoms with Crippen LogP contribution in [0.5, 0.6) is 0 Å². The highest BCUT2D eigenvalue weighted by Crippen LogP contribution is 2.31. The molecule has 0 aromatic heterocycles. The molecule has 116 valence electrons. The monoisotopic (exact) mass is 301 g/mol. The summed E-state index contributed by atoms with van der Waals surface area (Å²) in [5, 5.41) is 11.9. The average molecular weight is 301 g/mol. The maximum Gasteiger partial charge on any atom is 0.241 e. The molecule has 1 N–H and O–H groups in total. The Kier molecular flexibility index (Phi) is 4.27. The zero-order valence-electron chi connectivity index (χ0n) is 12.4. The molecule has 3 rings (SSSR count). The van der Waals surface area contributed by atoms with E-state index in [1.54, 1.807) is 18.2 Å². The molecule has 2 aliphatic heterocycles. The highest BCUT2D eigenvalue weighted by molar-refractivity contribution is 5.81. The molecule has 0 bridgehead atoms. The first-order chi connectivity index (χ1) is 10.7. The van der Waals surface area contributed by atoms with Gasteiger partial charge in [0.25, 0.3) is 0 Å². The number of piperidine rings is 1. The molecule has 0 aliphatic carbocycles. The Morgan fingerprint density at radius 2 is 2.05 bits per heavy atom. The predicted molar refractivity (Wildman–Crippen MR) is 80.1 cm³/mol. The number of hydrogen-bond acceptors (Lipinski definition) is 5. The van der Waals surface area contributed by atoms with E-state index in [1.807, 2.05) is 11.0 Å². The van der Waals surface area contributed by atoms with Crippen LogP contribution in [0.4, 0.5) is 5.69 Å². The van der Waals surface area contributed by atoms with Crippen LogP contribution in [-0.2, 0) is 14.3 Å². The molecular formula is C16H19N3O3. The van der Waals surface area contributed by atoms with E-state index in [1.165, 1.54) is 0 Å². The van der Waals surface area contributed by atoms with Crippen LogP contribution in [0.2, 0.25) is 0 Å². The Labute approximate surface area is 129 Å². The van der Waals surface area contributed by atoms with Gasteiger partial charge in [0, 0.05) is 31.6 Å². The summed E-state index contributed by atoms with van der Waals surface area (Å²) in [4.78, 5) is 14.1. The Hall–Kier alpha value is -2.10. The van der Waals surface area contributed by atoms with Gasteiger partial charge in [0.1, 0.15) is 0 Å². The topological polar surface area (TPSA) is 74.6 Å². The molecule has 6 heteroatoms. The third-order valence-electron chi connectivity index (χ3n) is 4.13. The van der Waals surface area contributed by atoms with E-state index in [2.05, 4.69) is 11.4 Å². The summed E-state index contributed by atoms with van der Waals surface area (Å²) in [7, 11) is 0. The molecule has 1 spiro atoms. The van der Waals surface area contributed by atoms with Crippen LogP contribution in [-0.4, -0.2) is 49.4 Å². The molecule has 2 fully saturated rings. The van der Waals surface area contributed by atoms with Crippen LogP contribution in [0.3, 0.4) is 0 Å². The number of carbonyl (C=O) groups excluding carboxylic acids is 1. The fourth-order valence-corrected chi connectivity index (χ4v) is 2.87. The van der Waals surface area contributed by atoms with Crippen molar-refractivity contribution >= 4 is 11.6 Å². The number of nitrogens with one attached hydrogen (secondary N) is 1. The van der Waals surface area contributed by atoms with Gasteiger partial charge in [-0.1, -0.05) is 6.07 Å². The van der Waals surface area contributed by atoms with E-state index in [0.717, 1.165) is 18.5 Å². The number of anilines is 1. The average Bonchev–Trinajstić information content (AvgIpc) is 3.01. The molecule has 22 heavy (non-hydrogen) atoms. The molecule has 0 unspecified atom stereocenters. The summed E-state index contributed by atoms with van der Waals surface area (Å²) in [6, 6.07) is 9.20. The molecule has 1 aromatic rings. The molecule has 1 aromatic carbocycles. The first-order valence-electron chi connectivity index (χ1n) is 7.50. The van der Waals surface area contributed by atoms with Crippen molar-refractivity contribution < 1.29 is 14.3 Å². The van der Waals surface area contributed by atoms with Crippen LogP contribution < -0.4 is 5.32 Å². The molecule has 2 heterocycles. The van der Waals surface area contributed by atoms with Gasteiger partial charge in [0.05, 0.1) is 31.4 Å². The lowest BCUT2D eigenvalue weighted by Crippen LogP contribution is -2.48. The summed E-state index contributed by atoms with van der Waals surface area (Å²) in [6.07, 6.45) is 1.45. The fraction of sp³-hybridized carbons (Fsp3) is 0.500. The van der Waals surface area contributed by atoms with E-state index in [4.69, 9.17) is 14.7 Å². The molecule has 2 saturated heterocycles. The summed E-state index contributed by atoms with van der Waals surface area (Å²) >= 11 is 0. The van der Waals surface area contributed by atoms with Gasteiger partial charge in [-0.25, -0.2) is 0 Å². The smallest absolute Gasteiger partial charge is 0.241 e. The normalized spacial score (nSPS) is 19.9. The quantitative estimate of drug-likeness (QED) is 0.912. The van der Waals surface area contributed by atoms with Crippen molar-refractivity contribution in [2.24, 2.45) is 0 Å². The maximum absolute atomic E-state index is 12.2. The minimum absolute atomic E-state index is 0.0511. The number of likely N-dealkylation sites (tertiary alicyclic amines) is 1. The first-order valence-corrected chi connectivity index (χ1v) is 7.50. The van der Waals surface area contributed by atoms with Gasteiger partial charge in [0.2, 0.25) is 5.91 Å². The van der Waals surface area contributed by atoms with Crippen LogP contribution >= 0.6 is 0 Å². The van der Waals surface area contributed by atoms with Crippen molar-refractivity contribution in [3.63, 3.8) is 0 Å². The van der Waals surface area contributed by atoms with Gasteiger partial charge < -0.3 is 19.7 Å². The lowest BCUT2D eigenvalue weighted by molar-refractivity contribution is -0.187. The van der Waals surface area contributed by atoms with Gasteiger partial charge in [-0.15, -0.1) is 0 Å². The van der Waals surface area contributed by atoms with Crippen molar-refractivity contribution in [1.29, 1.82) is 5.26 Å². The third-order valence-corrected chi connectivity index (χ3v) is 4.13. The zero-order chi connectivity index (χ0) is 15.4. The minimum atomic E-state index is -0.453. The fourth-order valence-electron chi connectivity index (χ4n) is 2.87. The number of ether oxygens (including phenoxy) is 2. The Balaban J connectivity index is 1.49. The summed E-state index contributed by atoms with van der Waals surface area (Å²) < 4.78 is 11.3. The van der Waals surface area contributed by atoms with Crippen LogP contribution in [0, 0.1) is 11.3 Å². The van der Waals surface area contributed by atoms with E-state index in [0.29, 0.717) is 31.9 Å². The van der Waals surface area contributed by atoms with Crippen LogP contribution in [0.1, 0.15) is 18.4 Å². The molecule has 6 nitrogen and oxygen atoms in total. The minimum Gasteiger partial charge on any atom is -0.376 e. The van der Waals surface area contributed by atoms with Crippen molar-refractivity contribution in [1.82, 2.24) is 4.90 Å². The zero-order valence-corrected chi connectivity index (χ0v) is 12.4. The van der Waals surface area contributed by atoms with Gasteiger partial charge in [-0.2, -0.15) is 5.26 Å². The lowest BCUT2D eigenvalue weighted by atomic mass is 10.0. The summed E-state index contributed by atoms with van der Waals surface area (Å²) in [5.74, 6) is -0.402. The SMILES string of the molecule is N#Cc1cccc(NCC(=O)N2CCC3(CC2)OCCO3)c1. The Morgan fingerprint density at radius 1 is 1.32 bits per heavy atom. The molecule has 0 radical (unpaired) electrons. The third kappa shape index (κ3) is 3.21. The number of rotatable bonds is 3. The number of hydrogen-bond donors (Lipinski definition) is 1. The predicted octanol–water partition coefficient (Wildman–Crippen LogP) is 1.34.